The van der Waals surface area contributed by atoms with E-state index in [9.17, 15) is 5.11 Å². The Labute approximate surface area is 70.2 Å². The maximum Gasteiger partial charge on any atom is 0.146 e. The molecule has 2 heterocycles. The summed E-state index contributed by atoms with van der Waals surface area (Å²) in [6.07, 6.45) is 1.12. The highest BCUT2D eigenvalue weighted by atomic mass is 16.3. The average Bonchev–Trinajstić information content (AvgIpc) is 2.46. The second kappa shape index (κ2) is 2.84. The molecule has 0 aromatic carbocycles. The van der Waals surface area contributed by atoms with Crippen LogP contribution < -0.4 is 5.73 Å². The number of nitrogens with two attached hydrogens (primary N) is 1. The first-order chi connectivity index (χ1) is 5.81. The molecule has 66 valence electrons. The van der Waals surface area contributed by atoms with Crippen molar-refractivity contribution >= 4 is 0 Å². The van der Waals surface area contributed by atoms with E-state index in [2.05, 4.69) is 10.2 Å². The van der Waals surface area contributed by atoms with Crippen LogP contribution in [0.15, 0.2) is 0 Å². The molecule has 1 aromatic heterocycles. The third-order valence-electron chi connectivity index (χ3n) is 2.19. The van der Waals surface area contributed by atoms with Gasteiger partial charge >= 0.3 is 0 Å². The molecule has 0 amide bonds. The molecule has 0 radical (unpaired) electrons. The normalized spacial score (nSPS) is 22.3. The number of aromatic nitrogens is 3. The predicted molar refractivity (Wildman–Crippen MR) is 42.2 cm³/mol. The molecule has 3 N–H and O–H groups in total. The molecular formula is C7H12N4O. The summed E-state index contributed by atoms with van der Waals surface area (Å²) in [5, 5.41) is 17.2. The van der Waals surface area contributed by atoms with Crippen LogP contribution in [0.25, 0.3) is 0 Å². The van der Waals surface area contributed by atoms with Crippen molar-refractivity contribution in [2.75, 3.05) is 0 Å². The van der Waals surface area contributed by atoms with Gasteiger partial charge in [-0.15, -0.1) is 10.2 Å². The fraction of sp³-hybridized carbons (Fsp3) is 0.714. The van der Waals surface area contributed by atoms with E-state index in [-0.39, 0.29) is 6.10 Å². The van der Waals surface area contributed by atoms with E-state index in [0.717, 1.165) is 24.6 Å². The predicted octanol–water partition coefficient (Wildman–Crippen LogP) is -0.956. The minimum atomic E-state index is -0.257. The van der Waals surface area contributed by atoms with Gasteiger partial charge in [-0.1, -0.05) is 0 Å². The molecular weight excluding hydrogens is 156 g/mol. The maximum absolute atomic E-state index is 9.33. The van der Waals surface area contributed by atoms with Crippen LogP contribution >= 0.6 is 0 Å². The number of fused-ring (bicyclic) bond motifs is 1. The quantitative estimate of drug-likeness (QED) is 0.566. The number of aliphatic hydroxyl groups is 1. The van der Waals surface area contributed by atoms with Gasteiger partial charge in [0, 0.05) is 13.0 Å². The van der Waals surface area contributed by atoms with Crippen LogP contribution in [0.5, 0.6) is 0 Å². The zero-order chi connectivity index (χ0) is 8.55. The molecule has 0 bridgehead atoms. The molecule has 1 aliphatic heterocycles. The molecule has 1 atom stereocenters. The van der Waals surface area contributed by atoms with Crippen molar-refractivity contribution in [2.24, 2.45) is 5.73 Å². The van der Waals surface area contributed by atoms with Crippen LogP contribution in [0.1, 0.15) is 18.1 Å². The monoisotopic (exact) mass is 168 g/mol. The largest absolute Gasteiger partial charge is 0.393 e. The zero-order valence-electron chi connectivity index (χ0n) is 6.77. The molecule has 1 aromatic rings. The van der Waals surface area contributed by atoms with Crippen LogP contribution in [0.2, 0.25) is 0 Å². The molecule has 5 heteroatoms. The van der Waals surface area contributed by atoms with Crippen molar-refractivity contribution in [1.29, 1.82) is 0 Å². The first-order valence-electron chi connectivity index (χ1n) is 4.10. The Kier molecular flexibility index (Phi) is 1.82. The van der Waals surface area contributed by atoms with Crippen LogP contribution in [-0.4, -0.2) is 26.0 Å². The summed E-state index contributed by atoms with van der Waals surface area (Å²) >= 11 is 0. The summed E-state index contributed by atoms with van der Waals surface area (Å²) in [6.45, 7) is 1.21. The third kappa shape index (κ3) is 1.11. The fourth-order valence-corrected chi connectivity index (χ4v) is 1.52. The number of hydrogen-bond acceptors (Lipinski definition) is 4. The number of aliphatic hydroxyl groups excluding tert-OH is 1. The standard InChI is InChI=1S/C7H12N4O/c8-4-7-10-9-6-3-5(12)1-2-11(6)7/h5,12H,1-4,8H2. The SMILES string of the molecule is NCc1nnc2n1CCC(O)C2. The molecule has 5 nitrogen and oxygen atoms in total. The number of nitrogens with zero attached hydrogens (tertiary/aromatic N) is 3. The highest BCUT2D eigenvalue weighted by Gasteiger charge is 2.20. The molecule has 1 unspecified atom stereocenters. The number of rotatable bonds is 1. The van der Waals surface area contributed by atoms with Gasteiger partial charge in [-0.05, 0) is 6.42 Å². The molecule has 2 rings (SSSR count). The van der Waals surface area contributed by atoms with Gasteiger partial charge in [-0.25, -0.2) is 0 Å². The summed E-state index contributed by atoms with van der Waals surface area (Å²) < 4.78 is 1.99. The Morgan fingerprint density at radius 1 is 1.58 bits per heavy atom. The molecule has 0 saturated carbocycles. The smallest absolute Gasteiger partial charge is 0.146 e. The van der Waals surface area contributed by atoms with Crippen LogP contribution in [0.4, 0.5) is 0 Å². The van der Waals surface area contributed by atoms with Gasteiger partial charge < -0.3 is 15.4 Å². The van der Waals surface area contributed by atoms with E-state index < -0.39 is 0 Å². The number of hydrogen-bond donors (Lipinski definition) is 2. The van der Waals surface area contributed by atoms with E-state index in [4.69, 9.17) is 5.73 Å². The van der Waals surface area contributed by atoms with E-state index in [1.807, 2.05) is 4.57 Å². The molecule has 0 saturated heterocycles. The molecule has 12 heavy (non-hydrogen) atoms. The topological polar surface area (TPSA) is 77.0 Å². The second-order valence-electron chi connectivity index (χ2n) is 3.03. The van der Waals surface area contributed by atoms with Crippen molar-refractivity contribution in [3.8, 4) is 0 Å². The van der Waals surface area contributed by atoms with Gasteiger partial charge in [-0.2, -0.15) is 0 Å². The minimum absolute atomic E-state index is 0.257. The van der Waals surface area contributed by atoms with E-state index in [1.165, 1.54) is 0 Å². The summed E-state index contributed by atoms with van der Waals surface area (Å²) in [4.78, 5) is 0. The second-order valence-corrected chi connectivity index (χ2v) is 3.03. The third-order valence-corrected chi connectivity index (χ3v) is 2.19. The Balaban J connectivity index is 2.32. The van der Waals surface area contributed by atoms with Crippen molar-refractivity contribution in [1.82, 2.24) is 14.8 Å². The Bertz CT molecular complexity index is 283. The van der Waals surface area contributed by atoms with Crippen molar-refractivity contribution < 1.29 is 5.11 Å². The van der Waals surface area contributed by atoms with Gasteiger partial charge in [0.25, 0.3) is 0 Å². The fourth-order valence-electron chi connectivity index (χ4n) is 1.52. The first-order valence-corrected chi connectivity index (χ1v) is 4.10. The maximum atomic E-state index is 9.33. The summed E-state index contributed by atoms with van der Waals surface area (Å²) in [6, 6.07) is 0. The lowest BCUT2D eigenvalue weighted by atomic mass is 10.1. The zero-order valence-corrected chi connectivity index (χ0v) is 6.77. The van der Waals surface area contributed by atoms with Crippen molar-refractivity contribution in [2.45, 2.75) is 32.0 Å². The highest BCUT2D eigenvalue weighted by Crippen LogP contribution is 2.14. The lowest BCUT2D eigenvalue weighted by molar-refractivity contribution is 0.141. The Morgan fingerprint density at radius 2 is 2.42 bits per heavy atom. The first kappa shape index (κ1) is 7.70. The van der Waals surface area contributed by atoms with Gasteiger partial charge in [0.15, 0.2) is 0 Å². The van der Waals surface area contributed by atoms with Gasteiger partial charge in [0.2, 0.25) is 0 Å². The van der Waals surface area contributed by atoms with Crippen LogP contribution in [0.3, 0.4) is 0 Å². The van der Waals surface area contributed by atoms with Crippen molar-refractivity contribution in [3.63, 3.8) is 0 Å². The van der Waals surface area contributed by atoms with Gasteiger partial charge in [0.05, 0.1) is 12.6 Å². The van der Waals surface area contributed by atoms with Gasteiger partial charge in [0.1, 0.15) is 11.6 Å². The Morgan fingerprint density at radius 3 is 3.17 bits per heavy atom. The van der Waals surface area contributed by atoms with Crippen molar-refractivity contribution in [3.05, 3.63) is 11.6 Å². The average molecular weight is 168 g/mol. The van der Waals surface area contributed by atoms with Crippen LogP contribution in [-0.2, 0) is 19.5 Å². The van der Waals surface area contributed by atoms with E-state index in [1.54, 1.807) is 0 Å². The molecule has 0 spiro atoms. The van der Waals surface area contributed by atoms with E-state index in [0.29, 0.717) is 13.0 Å². The summed E-state index contributed by atoms with van der Waals surface area (Å²) in [5.74, 6) is 1.67. The molecule has 0 fully saturated rings. The van der Waals surface area contributed by atoms with Gasteiger partial charge in [-0.3, -0.25) is 0 Å². The molecule has 0 aliphatic carbocycles. The van der Waals surface area contributed by atoms with Crippen LogP contribution in [0, 0.1) is 0 Å². The highest BCUT2D eigenvalue weighted by molar-refractivity contribution is 5.00. The minimum Gasteiger partial charge on any atom is -0.393 e. The lowest BCUT2D eigenvalue weighted by Gasteiger charge is -2.18. The molecule has 1 aliphatic rings. The summed E-state index contributed by atoms with van der Waals surface area (Å²) in [5.41, 5.74) is 5.47. The summed E-state index contributed by atoms with van der Waals surface area (Å²) in [7, 11) is 0. The Hall–Kier alpha value is -0.940. The lowest BCUT2D eigenvalue weighted by Crippen LogP contribution is -2.24. The van der Waals surface area contributed by atoms with E-state index >= 15 is 0 Å².